The molecule has 0 nitrogen and oxygen atoms in total. The molecule has 0 amide bonds. The summed E-state index contributed by atoms with van der Waals surface area (Å²) in [6, 6.07) is 0. The number of halogens is 1. The Kier molecular flexibility index (Phi) is 1.46. The molecule has 0 aromatic carbocycles. The Labute approximate surface area is 46.9 Å². The van der Waals surface area contributed by atoms with Crippen molar-refractivity contribution in [2.75, 3.05) is 0 Å². The minimum atomic E-state index is -0.462. The van der Waals surface area contributed by atoms with Gasteiger partial charge in [0, 0.05) is 0 Å². The fraction of sp³-hybridized carbons (Fsp3) is 0.250. The third-order valence-corrected chi connectivity index (χ3v) is 3.76. The van der Waals surface area contributed by atoms with Crippen LogP contribution < -0.4 is 0 Å². The molecule has 1 rings (SSSR count). The van der Waals surface area contributed by atoms with Crippen molar-refractivity contribution in [2.24, 2.45) is 0 Å². The van der Waals surface area contributed by atoms with Gasteiger partial charge in [0.2, 0.25) is 0 Å². The van der Waals surface area contributed by atoms with E-state index in [1.807, 2.05) is 0 Å². The second-order valence-corrected chi connectivity index (χ2v) is 4.87. The van der Waals surface area contributed by atoms with Gasteiger partial charge in [-0.2, -0.15) is 0 Å². The third kappa shape index (κ3) is 0.934. The van der Waals surface area contributed by atoms with E-state index in [4.69, 9.17) is 0 Å². The van der Waals surface area contributed by atoms with Crippen LogP contribution in [0, 0.1) is 0 Å². The summed E-state index contributed by atoms with van der Waals surface area (Å²) in [7, 11) is 0. The van der Waals surface area contributed by atoms with E-state index in [0.29, 0.717) is 0 Å². The first-order valence-electron chi connectivity index (χ1n) is 1.92. The van der Waals surface area contributed by atoms with Crippen LogP contribution in [0.15, 0.2) is 11.9 Å². The summed E-state index contributed by atoms with van der Waals surface area (Å²) in [5.41, 5.74) is 0. The second kappa shape index (κ2) is 1.92. The molecule has 0 N–H and O–H groups in total. The molecule has 2 heteroatoms. The quantitative estimate of drug-likeness (QED) is 0.524. The van der Waals surface area contributed by atoms with Crippen molar-refractivity contribution in [3.05, 3.63) is 11.9 Å². The van der Waals surface area contributed by atoms with E-state index < -0.39 is 22.4 Å². The Bertz CT molecular complexity index is 101. The number of hydrogen-bond acceptors (Lipinski definition) is 0. The van der Waals surface area contributed by atoms with Crippen LogP contribution in [0.2, 0.25) is 4.18 Å². The number of hydrogen-bond donors (Lipinski definition) is 0. The summed E-state index contributed by atoms with van der Waals surface area (Å²) in [5.74, 6) is 0.0381. The first kappa shape index (κ1) is 4.57. The van der Waals surface area contributed by atoms with E-state index in [9.17, 15) is 4.39 Å². The topological polar surface area (TPSA) is 0 Å². The van der Waals surface area contributed by atoms with Crippen LogP contribution >= 0.6 is 0 Å². The molecule has 0 aromatic heterocycles. The van der Waals surface area contributed by atoms with Crippen molar-refractivity contribution in [3.63, 3.8) is 0 Å². The van der Waals surface area contributed by atoms with Crippen molar-refractivity contribution in [1.82, 2.24) is 0 Å². The molecular weight excluding hydrogens is 182 g/mol. The van der Waals surface area contributed by atoms with Gasteiger partial charge in [0.15, 0.2) is 0 Å². The van der Waals surface area contributed by atoms with Crippen molar-refractivity contribution < 1.29 is 4.39 Å². The average Bonchev–Trinajstić information content (AvgIpc) is 1.86. The minimum absolute atomic E-state index is 0.0381. The van der Waals surface area contributed by atoms with E-state index in [1.165, 1.54) is 0 Å². The number of allylic oxidation sites excluding steroid dienone is 2. The maximum atomic E-state index is 11.8. The van der Waals surface area contributed by atoms with Gasteiger partial charge in [-0.15, -0.1) is 0 Å². The molecule has 0 fully saturated rings. The molecular formula is C4H4FIn. The van der Waals surface area contributed by atoms with Gasteiger partial charge in [-0.25, -0.2) is 0 Å². The van der Waals surface area contributed by atoms with Gasteiger partial charge < -0.3 is 0 Å². The normalized spacial score (nSPS) is 17.2. The Balaban J connectivity index is 2.68. The summed E-state index contributed by atoms with van der Waals surface area (Å²) in [6.45, 7) is 0. The van der Waals surface area contributed by atoms with Crippen molar-refractivity contribution in [2.45, 2.75) is 4.18 Å². The van der Waals surface area contributed by atoms with E-state index in [-0.39, 0.29) is 5.83 Å². The predicted molar refractivity (Wildman–Crippen MR) is 25.8 cm³/mol. The number of rotatable bonds is 0. The molecule has 0 bridgehead atoms. The van der Waals surface area contributed by atoms with Crippen LogP contribution in [0.3, 0.4) is 0 Å². The molecule has 0 unspecified atom stereocenters. The average molecular weight is 186 g/mol. The molecule has 0 radical (unpaired) electrons. The van der Waals surface area contributed by atoms with Crippen LogP contribution in [0.25, 0.3) is 0 Å². The Morgan fingerprint density at radius 2 is 2.67 bits per heavy atom. The Morgan fingerprint density at radius 3 is 2.83 bits per heavy atom. The fourth-order valence-corrected chi connectivity index (χ4v) is 2.88. The van der Waals surface area contributed by atoms with Crippen LogP contribution in [0.5, 0.6) is 0 Å². The van der Waals surface area contributed by atoms with E-state index in [2.05, 4.69) is 0 Å². The second-order valence-electron chi connectivity index (χ2n) is 1.23. The van der Waals surface area contributed by atoms with Crippen LogP contribution in [0.1, 0.15) is 0 Å². The molecule has 0 saturated carbocycles. The molecule has 0 spiro atoms. The van der Waals surface area contributed by atoms with Crippen LogP contribution in [0.4, 0.5) is 4.39 Å². The van der Waals surface area contributed by atoms with E-state index in [1.54, 1.807) is 9.83 Å². The van der Waals surface area contributed by atoms with Crippen LogP contribution in [-0.2, 0) is 0 Å². The zero-order chi connectivity index (χ0) is 4.41. The van der Waals surface area contributed by atoms with E-state index >= 15 is 0 Å². The Hall–Kier alpha value is 0.410. The van der Waals surface area contributed by atoms with Gasteiger partial charge >= 0.3 is 46.7 Å². The SMILES string of the molecule is FC1=C[CH2][In]=[CH]1. The van der Waals surface area contributed by atoms with Gasteiger partial charge in [-0.3, -0.25) is 0 Å². The fourth-order valence-electron chi connectivity index (χ4n) is 0.429. The Morgan fingerprint density at radius 1 is 1.83 bits per heavy atom. The first-order chi connectivity index (χ1) is 2.89. The third-order valence-electron chi connectivity index (χ3n) is 0.726. The summed E-state index contributed by atoms with van der Waals surface area (Å²) in [5, 5.41) is 0. The molecule has 1 aliphatic rings. The zero-order valence-electron chi connectivity index (χ0n) is 3.32. The molecule has 0 atom stereocenters. The summed E-state index contributed by atoms with van der Waals surface area (Å²) >= 11 is -0.462. The molecule has 0 aromatic rings. The standard InChI is InChI=1S/C4H4F.In/c1-3-4(2)5;/h2-3H,1H2;. The molecule has 0 saturated heterocycles. The van der Waals surface area contributed by atoms with Crippen molar-refractivity contribution >= 4 is 26.2 Å². The van der Waals surface area contributed by atoms with Gasteiger partial charge in [0.05, 0.1) is 0 Å². The summed E-state index contributed by atoms with van der Waals surface area (Å²) < 4.78 is 14.6. The summed E-state index contributed by atoms with van der Waals surface area (Å²) in [4.78, 5) is 0. The molecule has 1 aliphatic heterocycles. The maximum absolute atomic E-state index is 11.8. The van der Waals surface area contributed by atoms with E-state index in [0.717, 1.165) is 4.18 Å². The first-order valence-corrected chi connectivity index (χ1v) is 6.15. The van der Waals surface area contributed by atoms with Gasteiger partial charge in [-0.05, 0) is 0 Å². The van der Waals surface area contributed by atoms with Crippen LogP contribution in [-0.4, -0.2) is 26.2 Å². The van der Waals surface area contributed by atoms with Crippen molar-refractivity contribution in [1.29, 1.82) is 0 Å². The zero-order valence-corrected chi connectivity index (χ0v) is 6.61. The monoisotopic (exact) mass is 186 g/mol. The van der Waals surface area contributed by atoms with Crippen molar-refractivity contribution in [3.8, 4) is 0 Å². The summed E-state index contributed by atoms with van der Waals surface area (Å²) in [6.07, 6.45) is 1.68. The molecule has 30 valence electrons. The predicted octanol–water partition coefficient (Wildman–Crippen LogP) is 0.778. The molecule has 6 heavy (non-hydrogen) atoms. The van der Waals surface area contributed by atoms with Gasteiger partial charge in [-0.1, -0.05) is 0 Å². The molecule has 1 heterocycles. The van der Waals surface area contributed by atoms with Gasteiger partial charge in [0.25, 0.3) is 0 Å². The molecule has 0 aliphatic carbocycles. The van der Waals surface area contributed by atoms with Gasteiger partial charge in [0.1, 0.15) is 0 Å².